The van der Waals surface area contributed by atoms with Crippen LogP contribution in [-0.2, 0) is 11.2 Å². The number of fused-ring (bicyclic) bond motifs is 1. The Morgan fingerprint density at radius 2 is 2.16 bits per heavy atom. The van der Waals surface area contributed by atoms with Crippen molar-refractivity contribution in [3.63, 3.8) is 0 Å². The Morgan fingerprint density at radius 1 is 1.28 bits per heavy atom. The number of nitrogens with zero attached hydrogens (tertiary/aromatic N) is 4. The van der Waals surface area contributed by atoms with E-state index in [0.29, 0.717) is 5.92 Å². The van der Waals surface area contributed by atoms with Gasteiger partial charge in [-0.3, -0.25) is 9.39 Å². The average Bonchev–Trinajstić information content (AvgIpc) is 3.01. The molecular weight excluding hydrogens is 316 g/mol. The highest BCUT2D eigenvalue weighted by molar-refractivity contribution is 5.79. The number of rotatable bonds is 10. The van der Waals surface area contributed by atoms with Gasteiger partial charge in [-0.25, -0.2) is 0 Å². The molecule has 0 atom stereocenters. The summed E-state index contributed by atoms with van der Waals surface area (Å²) in [6.07, 6.45) is 3.70. The van der Waals surface area contributed by atoms with Crippen LogP contribution < -0.4 is 10.6 Å². The maximum Gasteiger partial charge on any atom is 0.191 e. The first-order valence-electron chi connectivity index (χ1n) is 9.09. The molecule has 0 radical (unpaired) electrons. The summed E-state index contributed by atoms with van der Waals surface area (Å²) in [5, 5.41) is 15.0. The molecule has 0 amide bonds. The molecule has 2 rings (SSSR count). The second kappa shape index (κ2) is 10.7. The van der Waals surface area contributed by atoms with Crippen molar-refractivity contribution in [1.82, 2.24) is 25.2 Å². The fraction of sp³-hybridized carbons (Fsp3) is 0.611. The fourth-order valence-electron chi connectivity index (χ4n) is 2.37. The Labute approximate surface area is 149 Å². The van der Waals surface area contributed by atoms with Crippen LogP contribution in [0.2, 0.25) is 0 Å². The highest BCUT2D eigenvalue weighted by Crippen LogP contribution is 2.02. The van der Waals surface area contributed by atoms with Crippen molar-refractivity contribution in [2.24, 2.45) is 10.9 Å². The lowest BCUT2D eigenvalue weighted by atomic mass is 10.2. The highest BCUT2D eigenvalue weighted by Gasteiger charge is 2.04. The van der Waals surface area contributed by atoms with Gasteiger partial charge < -0.3 is 15.4 Å². The summed E-state index contributed by atoms with van der Waals surface area (Å²) in [6.45, 7) is 10.3. The van der Waals surface area contributed by atoms with Gasteiger partial charge in [-0.15, -0.1) is 10.2 Å². The molecule has 138 valence electrons. The van der Waals surface area contributed by atoms with Crippen molar-refractivity contribution in [3.8, 4) is 0 Å². The normalized spacial score (nSPS) is 12.1. The van der Waals surface area contributed by atoms with Crippen LogP contribution in [0.4, 0.5) is 0 Å². The second-order valence-corrected chi connectivity index (χ2v) is 6.30. The number of hydrogen-bond donors (Lipinski definition) is 2. The minimum atomic E-state index is 0.579. The summed E-state index contributed by atoms with van der Waals surface area (Å²) in [4.78, 5) is 4.58. The van der Waals surface area contributed by atoms with Gasteiger partial charge in [-0.05, 0) is 31.4 Å². The number of aromatic nitrogens is 3. The Morgan fingerprint density at radius 3 is 2.96 bits per heavy atom. The van der Waals surface area contributed by atoms with E-state index < -0.39 is 0 Å². The van der Waals surface area contributed by atoms with Gasteiger partial charge in [-0.2, -0.15) is 0 Å². The molecule has 2 aromatic rings. The third kappa shape index (κ3) is 6.70. The lowest BCUT2D eigenvalue weighted by Gasteiger charge is -2.11. The van der Waals surface area contributed by atoms with E-state index in [4.69, 9.17) is 4.74 Å². The third-order valence-electron chi connectivity index (χ3n) is 3.54. The van der Waals surface area contributed by atoms with Gasteiger partial charge in [0.25, 0.3) is 0 Å². The molecule has 25 heavy (non-hydrogen) atoms. The number of guanidine groups is 1. The van der Waals surface area contributed by atoms with Crippen LogP contribution in [0.5, 0.6) is 0 Å². The molecule has 0 aliphatic heterocycles. The topological polar surface area (TPSA) is 75.8 Å². The third-order valence-corrected chi connectivity index (χ3v) is 3.54. The van der Waals surface area contributed by atoms with Crippen LogP contribution in [0.15, 0.2) is 29.4 Å². The van der Waals surface area contributed by atoms with E-state index >= 15 is 0 Å². The predicted molar refractivity (Wildman–Crippen MR) is 101 cm³/mol. The first kappa shape index (κ1) is 19.2. The number of aliphatic imine (C=N–C) groups is 1. The summed E-state index contributed by atoms with van der Waals surface area (Å²) >= 11 is 0. The maximum absolute atomic E-state index is 5.58. The molecule has 0 aromatic carbocycles. The second-order valence-electron chi connectivity index (χ2n) is 6.30. The molecule has 2 aromatic heterocycles. The molecule has 2 N–H and O–H groups in total. The zero-order valence-corrected chi connectivity index (χ0v) is 15.5. The summed E-state index contributed by atoms with van der Waals surface area (Å²) in [5.41, 5.74) is 0.875. The zero-order chi connectivity index (χ0) is 17.9. The molecule has 7 nitrogen and oxygen atoms in total. The van der Waals surface area contributed by atoms with Crippen LogP contribution in [-0.4, -0.2) is 53.4 Å². The fourth-order valence-corrected chi connectivity index (χ4v) is 2.37. The molecule has 0 bridgehead atoms. The van der Waals surface area contributed by atoms with E-state index in [0.717, 1.165) is 63.1 Å². The SMILES string of the molecule is CCNC(=NCCCOCC(C)C)NCCc1nnc2ccccn12. The molecule has 0 spiro atoms. The van der Waals surface area contributed by atoms with Gasteiger partial charge in [0.05, 0.1) is 0 Å². The van der Waals surface area contributed by atoms with Gasteiger partial charge in [-0.1, -0.05) is 19.9 Å². The van der Waals surface area contributed by atoms with Crippen LogP contribution >= 0.6 is 0 Å². The van der Waals surface area contributed by atoms with Crippen LogP contribution in [0.1, 0.15) is 33.0 Å². The minimum absolute atomic E-state index is 0.579. The van der Waals surface area contributed by atoms with E-state index in [2.05, 4.69) is 46.6 Å². The van der Waals surface area contributed by atoms with Crippen LogP contribution in [0.25, 0.3) is 5.65 Å². The van der Waals surface area contributed by atoms with E-state index in [1.54, 1.807) is 0 Å². The zero-order valence-electron chi connectivity index (χ0n) is 15.5. The van der Waals surface area contributed by atoms with Crippen LogP contribution in [0.3, 0.4) is 0 Å². The molecule has 0 unspecified atom stereocenters. The number of ether oxygens (including phenoxy) is 1. The molecule has 2 heterocycles. The highest BCUT2D eigenvalue weighted by atomic mass is 16.5. The van der Waals surface area contributed by atoms with E-state index in [1.807, 2.05) is 28.8 Å². The van der Waals surface area contributed by atoms with Crippen molar-refractivity contribution in [2.45, 2.75) is 33.6 Å². The van der Waals surface area contributed by atoms with E-state index in [1.165, 1.54) is 0 Å². The number of nitrogens with one attached hydrogen (secondary N) is 2. The van der Waals surface area contributed by atoms with Crippen molar-refractivity contribution in [2.75, 3.05) is 32.8 Å². The summed E-state index contributed by atoms with van der Waals surface area (Å²) in [5.74, 6) is 2.36. The molecule has 0 saturated heterocycles. The summed E-state index contributed by atoms with van der Waals surface area (Å²) in [6, 6.07) is 5.91. The molecule has 0 aliphatic carbocycles. The van der Waals surface area contributed by atoms with Gasteiger partial charge in [0.1, 0.15) is 5.82 Å². The standard InChI is InChI=1S/C18H30N6O/c1-4-19-18(20-10-7-13-25-14-15(2)3)21-11-9-17-23-22-16-8-5-6-12-24(16)17/h5-6,8,12,15H,4,7,9-11,13-14H2,1-3H3,(H2,19,20,21). The lowest BCUT2D eigenvalue weighted by Crippen LogP contribution is -2.38. The Hall–Kier alpha value is -2.15. The number of pyridine rings is 1. The van der Waals surface area contributed by atoms with Crippen molar-refractivity contribution in [1.29, 1.82) is 0 Å². The average molecular weight is 346 g/mol. The Bertz CT molecular complexity index is 652. The first-order chi connectivity index (χ1) is 12.2. The van der Waals surface area contributed by atoms with Crippen LogP contribution in [0, 0.1) is 5.92 Å². The first-order valence-corrected chi connectivity index (χ1v) is 9.09. The van der Waals surface area contributed by atoms with Crippen molar-refractivity contribution < 1.29 is 4.74 Å². The van der Waals surface area contributed by atoms with Gasteiger partial charge in [0, 0.05) is 45.5 Å². The Kier molecular flexibility index (Phi) is 8.18. The molecule has 0 saturated carbocycles. The predicted octanol–water partition coefficient (Wildman–Crippen LogP) is 1.89. The lowest BCUT2D eigenvalue weighted by molar-refractivity contribution is 0.109. The summed E-state index contributed by atoms with van der Waals surface area (Å²) in [7, 11) is 0. The summed E-state index contributed by atoms with van der Waals surface area (Å²) < 4.78 is 7.59. The largest absolute Gasteiger partial charge is 0.381 e. The maximum atomic E-state index is 5.58. The number of hydrogen-bond acceptors (Lipinski definition) is 4. The monoisotopic (exact) mass is 346 g/mol. The van der Waals surface area contributed by atoms with Crippen molar-refractivity contribution in [3.05, 3.63) is 30.2 Å². The van der Waals surface area contributed by atoms with E-state index in [-0.39, 0.29) is 0 Å². The van der Waals surface area contributed by atoms with Gasteiger partial charge in [0.15, 0.2) is 11.6 Å². The van der Waals surface area contributed by atoms with Gasteiger partial charge in [0.2, 0.25) is 0 Å². The van der Waals surface area contributed by atoms with E-state index in [9.17, 15) is 0 Å². The molecule has 0 fully saturated rings. The molecular formula is C18H30N6O. The minimum Gasteiger partial charge on any atom is -0.381 e. The van der Waals surface area contributed by atoms with Gasteiger partial charge >= 0.3 is 0 Å². The quantitative estimate of drug-likeness (QED) is 0.390. The molecule has 7 heteroatoms. The molecule has 0 aliphatic rings. The van der Waals surface area contributed by atoms with Crippen molar-refractivity contribution >= 4 is 11.6 Å². The smallest absolute Gasteiger partial charge is 0.191 e. The Balaban J connectivity index is 1.74.